The van der Waals surface area contributed by atoms with Crippen molar-refractivity contribution >= 4 is 57.6 Å². The lowest BCUT2D eigenvalue weighted by Crippen LogP contribution is -2.45. The molecule has 0 radical (unpaired) electrons. The molecule has 5 nitrogen and oxygen atoms in total. The number of rotatable bonds is 4. The van der Waals surface area contributed by atoms with E-state index < -0.39 is 0 Å². The lowest BCUT2D eigenvalue weighted by molar-refractivity contribution is 0.340. The monoisotopic (exact) mass is 394 g/mol. The van der Waals surface area contributed by atoms with Gasteiger partial charge in [-0.2, -0.15) is 0 Å². The number of hydrogen-bond donors (Lipinski definition) is 4. The van der Waals surface area contributed by atoms with Crippen LogP contribution in [0, 0.1) is 6.92 Å². The maximum Gasteiger partial charge on any atom is 0.189 e. The largest absolute Gasteiger partial charge is 0.494 e. The average molecular weight is 395 g/mol. The molecule has 0 bridgehead atoms. The van der Waals surface area contributed by atoms with E-state index in [1.165, 1.54) is 0 Å². The summed E-state index contributed by atoms with van der Waals surface area (Å²) in [6, 6.07) is 13.1. The highest BCUT2D eigenvalue weighted by Crippen LogP contribution is 2.22. The van der Waals surface area contributed by atoms with Gasteiger partial charge >= 0.3 is 0 Å². The molecule has 0 saturated heterocycles. The Morgan fingerprint density at radius 1 is 1.00 bits per heavy atom. The molecule has 0 atom stereocenters. The fraction of sp³-hybridized carbons (Fsp3) is 0.176. The Balaban J connectivity index is 1.81. The quantitative estimate of drug-likeness (QED) is 0.457. The topological polar surface area (TPSA) is 57.4 Å². The van der Waals surface area contributed by atoms with Gasteiger partial charge in [0.2, 0.25) is 0 Å². The fourth-order valence-electron chi connectivity index (χ4n) is 1.97. The van der Waals surface area contributed by atoms with Gasteiger partial charge in [-0.15, -0.1) is 0 Å². The number of hydrazine groups is 1. The number of benzene rings is 2. The lowest BCUT2D eigenvalue weighted by atomic mass is 10.2. The minimum absolute atomic E-state index is 0.376. The maximum atomic E-state index is 6.09. The van der Waals surface area contributed by atoms with E-state index in [1.54, 1.807) is 0 Å². The van der Waals surface area contributed by atoms with E-state index in [2.05, 4.69) is 21.5 Å². The Kier molecular flexibility index (Phi) is 7.24. The molecule has 8 heteroatoms. The normalized spacial score (nSPS) is 9.88. The van der Waals surface area contributed by atoms with Crippen LogP contribution >= 0.6 is 36.0 Å². The van der Waals surface area contributed by atoms with Crippen LogP contribution in [-0.4, -0.2) is 16.8 Å². The van der Waals surface area contributed by atoms with Gasteiger partial charge in [0.15, 0.2) is 10.2 Å². The third-order valence-electron chi connectivity index (χ3n) is 3.23. The number of hydrogen-bond acceptors (Lipinski definition) is 3. The van der Waals surface area contributed by atoms with Crippen molar-refractivity contribution in [3.05, 3.63) is 53.1 Å². The van der Waals surface area contributed by atoms with E-state index in [4.69, 9.17) is 40.8 Å². The molecule has 0 unspecified atom stereocenters. The van der Waals surface area contributed by atoms with Crippen molar-refractivity contribution in [2.24, 2.45) is 0 Å². The van der Waals surface area contributed by atoms with Gasteiger partial charge in [0.1, 0.15) is 5.75 Å². The Morgan fingerprint density at radius 3 is 2.28 bits per heavy atom. The summed E-state index contributed by atoms with van der Waals surface area (Å²) in [6.45, 7) is 4.49. The third kappa shape index (κ3) is 6.04. The van der Waals surface area contributed by atoms with E-state index in [9.17, 15) is 0 Å². The highest BCUT2D eigenvalue weighted by atomic mass is 35.5. The molecule has 0 aliphatic rings. The van der Waals surface area contributed by atoms with Crippen LogP contribution in [0.5, 0.6) is 5.75 Å². The zero-order valence-electron chi connectivity index (χ0n) is 13.9. The predicted molar refractivity (Wildman–Crippen MR) is 113 cm³/mol. The predicted octanol–water partition coefficient (Wildman–Crippen LogP) is 4.24. The zero-order chi connectivity index (χ0) is 18.2. The van der Waals surface area contributed by atoms with Crippen molar-refractivity contribution in [1.82, 2.24) is 10.9 Å². The van der Waals surface area contributed by atoms with Crippen LogP contribution in [-0.2, 0) is 0 Å². The molecule has 0 fully saturated rings. The summed E-state index contributed by atoms with van der Waals surface area (Å²) in [7, 11) is 0. The number of anilines is 2. The highest BCUT2D eigenvalue weighted by molar-refractivity contribution is 7.81. The first-order chi connectivity index (χ1) is 12.0. The Labute approximate surface area is 163 Å². The van der Waals surface area contributed by atoms with Gasteiger partial charge in [0, 0.05) is 16.4 Å². The third-order valence-corrected chi connectivity index (χ3v) is 4.05. The molecule has 2 aromatic carbocycles. The SMILES string of the molecule is CCOc1ccc(NC(=S)NNC(=S)Nc2cccc(Cl)c2C)cc1. The molecule has 25 heavy (non-hydrogen) atoms. The van der Waals surface area contributed by atoms with E-state index >= 15 is 0 Å². The van der Waals surface area contributed by atoms with Gasteiger partial charge in [0.25, 0.3) is 0 Å². The van der Waals surface area contributed by atoms with Crippen LogP contribution < -0.4 is 26.2 Å². The van der Waals surface area contributed by atoms with Gasteiger partial charge in [-0.05, 0) is 80.2 Å². The standard InChI is InChI=1S/C17H19ClN4OS2/c1-3-23-13-9-7-12(8-10-13)19-16(24)21-22-17(25)20-15-6-4-5-14(18)11(15)2/h4-10H,3H2,1-2H3,(H2,19,21,24)(H2,20,22,25). The summed E-state index contributed by atoms with van der Waals surface area (Å²) in [5.74, 6) is 0.812. The molecule has 4 N–H and O–H groups in total. The van der Waals surface area contributed by atoms with Crippen molar-refractivity contribution in [3.63, 3.8) is 0 Å². The smallest absolute Gasteiger partial charge is 0.189 e. The van der Waals surface area contributed by atoms with Crippen molar-refractivity contribution in [3.8, 4) is 5.75 Å². The summed E-state index contributed by atoms with van der Waals surface area (Å²) in [6.07, 6.45) is 0. The highest BCUT2D eigenvalue weighted by Gasteiger charge is 2.04. The first kappa shape index (κ1) is 19.2. The lowest BCUT2D eigenvalue weighted by Gasteiger charge is -2.16. The second-order valence-corrected chi connectivity index (χ2v) is 6.25. The van der Waals surface area contributed by atoms with Gasteiger partial charge < -0.3 is 15.4 Å². The van der Waals surface area contributed by atoms with E-state index in [-0.39, 0.29) is 0 Å². The average Bonchev–Trinajstić information content (AvgIpc) is 2.59. The summed E-state index contributed by atoms with van der Waals surface area (Å²) in [5.41, 5.74) is 8.25. The van der Waals surface area contributed by atoms with Crippen LogP contribution in [0.4, 0.5) is 11.4 Å². The molecule has 0 aromatic heterocycles. The van der Waals surface area contributed by atoms with Gasteiger partial charge in [-0.3, -0.25) is 10.9 Å². The molecule has 0 amide bonds. The minimum Gasteiger partial charge on any atom is -0.494 e. The summed E-state index contributed by atoms with van der Waals surface area (Å²) in [4.78, 5) is 0. The van der Waals surface area contributed by atoms with E-state index in [0.29, 0.717) is 21.9 Å². The van der Waals surface area contributed by atoms with Crippen molar-refractivity contribution < 1.29 is 4.74 Å². The number of halogens is 1. The molecule has 2 aromatic rings. The first-order valence-corrected chi connectivity index (χ1v) is 8.81. The van der Waals surface area contributed by atoms with Gasteiger partial charge in [-0.1, -0.05) is 17.7 Å². The molecular formula is C17H19ClN4OS2. The number of nitrogens with one attached hydrogen (secondary N) is 4. The van der Waals surface area contributed by atoms with Crippen molar-refractivity contribution in [1.29, 1.82) is 0 Å². The second-order valence-electron chi connectivity index (χ2n) is 5.03. The molecule has 0 saturated carbocycles. The first-order valence-electron chi connectivity index (χ1n) is 7.61. The summed E-state index contributed by atoms with van der Waals surface area (Å²) < 4.78 is 5.40. The molecule has 0 aliphatic carbocycles. The molecule has 0 spiro atoms. The Bertz CT molecular complexity index is 753. The zero-order valence-corrected chi connectivity index (χ0v) is 16.2. The molecule has 132 valence electrons. The Morgan fingerprint density at radius 2 is 1.64 bits per heavy atom. The summed E-state index contributed by atoms with van der Waals surface area (Å²) in [5, 5.41) is 7.54. The van der Waals surface area contributed by atoms with E-state index in [0.717, 1.165) is 22.7 Å². The molecule has 2 rings (SSSR count). The van der Waals surface area contributed by atoms with Crippen molar-refractivity contribution in [2.45, 2.75) is 13.8 Å². The van der Waals surface area contributed by atoms with E-state index in [1.807, 2.05) is 56.3 Å². The molecule has 0 heterocycles. The Hall–Kier alpha value is -2.09. The summed E-state index contributed by atoms with van der Waals surface area (Å²) >= 11 is 16.5. The molecule has 0 aliphatic heterocycles. The van der Waals surface area contributed by atoms with Gasteiger partial charge in [0.05, 0.1) is 6.61 Å². The van der Waals surface area contributed by atoms with Crippen LogP contribution in [0.15, 0.2) is 42.5 Å². The van der Waals surface area contributed by atoms with Crippen LogP contribution in [0.1, 0.15) is 12.5 Å². The number of thiocarbonyl (C=S) groups is 2. The minimum atomic E-state index is 0.376. The van der Waals surface area contributed by atoms with Crippen molar-refractivity contribution in [2.75, 3.05) is 17.2 Å². The number of ether oxygens (including phenoxy) is 1. The maximum absolute atomic E-state index is 6.09. The fourth-order valence-corrected chi connectivity index (χ4v) is 2.48. The second kappa shape index (κ2) is 9.41. The van der Waals surface area contributed by atoms with Gasteiger partial charge in [-0.25, -0.2) is 0 Å². The van der Waals surface area contributed by atoms with Crippen LogP contribution in [0.2, 0.25) is 5.02 Å². The molecular weight excluding hydrogens is 376 g/mol. The van der Waals surface area contributed by atoms with Crippen LogP contribution in [0.3, 0.4) is 0 Å². The van der Waals surface area contributed by atoms with Crippen LogP contribution in [0.25, 0.3) is 0 Å².